The summed E-state index contributed by atoms with van der Waals surface area (Å²) in [6.07, 6.45) is 13.5. The van der Waals surface area contributed by atoms with Gasteiger partial charge in [0.1, 0.15) is 0 Å². The lowest BCUT2D eigenvalue weighted by Crippen LogP contribution is -2.20. The molecule has 0 saturated heterocycles. The van der Waals surface area contributed by atoms with Gasteiger partial charge in [-0.1, -0.05) is 54.6 Å². The molecule has 2 unspecified atom stereocenters. The van der Waals surface area contributed by atoms with Crippen molar-refractivity contribution in [2.75, 3.05) is 11.9 Å². The number of nitrogens with zero attached hydrogens (tertiary/aromatic N) is 2. The van der Waals surface area contributed by atoms with Gasteiger partial charge in [-0.05, 0) is 36.3 Å². The molecule has 5 nitrogen and oxygen atoms in total. The lowest BCUT2D eigenvalue weighted by Gasteiger charge is -2.27. The van der Waals surface area contributed by atoms with Crippen LogP contribution in [0.2, 0.25) is 0 Å². The summed E-state index contributed by atoms with van der Waals surface area (Å²) in [4.78, 5) is 8.70. The summed E-state index contributed by atoms with van der Waals surface area (Å²) >= 11 is 0. The van der Waals surface area contributed by atoms with Gasteiger partial charge in [-0.3, -0.25) is 10.7 Å². The normalized spacial score (nSPS) is 20.7. The van der Waals surface area contributed by atoms with Crippen molar-refractivity contribution in [2.45, 2.75) is 25.2 Å². The number of fused-ring (bicyclic) bond motifs is 2. The lowest BCUT2D eigenvalue weighted by atomic mass is 9.80. The summed E-state index contributed by atoms with van der Waals surface area (Å²) in [5, 5.41) is 12.3. The van der Waals surface area contributed by atoms with Crippen LogP contribution in [0.3, 0.4) is 0 Å². The molecular formula is C22H24N4O. The second-order valence-corrected chi connectivity index (χ2v) is 7.08. The maximum atomic E-state index is 8.93. The molecular weight excluding hydrogens is 336 g/mol. The molecule has 0 bridgehead atoms. The van der Waals surface area contributed by atoms with Gasteiger partial charge in [0.2, 0.25) is 5.95 Å². The second-order valence-electron chi connectivity index (χ2n) is 7.08. The Morgan fingerprint density at radius 2 is 2.04 bits per heavy atom. The van der Waals surface area contributed by atoms with E-state index < -0.39 is 0 Å². The molecule has 4 rings (SSSR count). The Balaban J connectivity index is 1.57. The standard InChI is InChI=1S/C22H24N4O/c1-15(26-27)18-12-23-22(24-13-18)25-14-21-19-8-4-2-6-16(19)10-11-17-7-3-5-9-20(17)21/h2-6,8-9,12-13,17,21,26-27H,1,7,10-11,14H2,(H,23,24,25). The van der Waals surface area contributed by atoms with Crippen LogP contribution in [0.25, 0.3) is 5.70 Å². The van der Waals surface area contributed by atoms with Crippen LogP contribution in [-0.2, 0) is 6.42 Å². The zero-order valence-corrected chi connectivity index (χ0v) is 15.2. The van der Waals surface area contributed by atoms with Crippen molar-refractivity contribution in [2.24, 2.45) is 5.92 Å². The Bertz CT molecular complexity index is 885. The summed E-state index contributed by atoms with van der Waals surface area (Å²) in [7, 11) is 0. The number of anilines is 1. The van der Waals surface area contributed by atoms with Gasteiger partial charge in [-0.25, -0.2) is 9.97 Å². The number of aromatic nitrogens is 2. The SMILES string of the molecule is C=C(NO)c1cnc(NCC2C3=CC=CCC3CCc3ccccc32)nc1. The summed E-state index contributed by atoms with van der Waals surface area (Å²) in [6.45, 7) is 4.45. The van der Waals surface area contributed by atoms with Crippen molar-refractivity contribution in [1.29, 1.82) is 0 Å². The lowest BCUT2D eigenvalue weighted by molar-refractivity contribution is 0.225. The maximum absolute atomic E-state index is 8.93. The molecule has 2 aromatic rings. The monoisotopic (exact) mass is 360 g/mol. The molecule has 1 heterocycles. The van der Waals surface area contributed by atoms with Crippen LogP contribution in [-0.4, -0.2) is 21.7 Å². The molecule has 138 valence electrons. The van der Waals surface area contributed by atoms with Crippen LogP contribution in [0.4, 0.5) is 5.95 Å². The minimum atomic E-state index is 0.316. The van der Waals surface area contributed by atoms with Crippen LogP contribution in [0.1, 0.15) is 35.4 Å². The van der Waals surface area contributed by atoms with Crippen molar-refractivity contribution in [3.63, 3.8) is 0 Å². The molecule has 2 aliphatic carbocycles. The minimum absolute atomic E-state index is 0.316. The Morgan fingerprint density at radius 1 is 1.22 bits per heavy atom. The average molecular weight is 360 g/mol. The number of allylic oxidation sites excluding steroid dienone is 3. The number of rotatable bonds is 5. The van der Waals surface area contributed by atoms with Crippen LogP contribution in [0.5, 0.6) is 0 Å². The molecule has 2 aliphatic rings. The van der Waals surface area contributed by atoms with E-state index in [0.29, 0.717) is 29.0 Å². The number of hydrogen-bond donors (Lipinski definition) is 3. The van der Waals surface area contributed by atoms with E-state index in [-0.39, 0.29) is 0 Å². The van der Waals surface area contributed by atoms with Crippen molar-refractivity contribution >= 4 is 11.6 Å². The van der Waals surface area contributed by atoms with Crippen LogP contribution in [0, 0.1) is 5.92 Å². The Morgan fingerprint density at radius 3 is 2.85 bits per heavy atom. The fraction of sp³-hybridized carbons (Fsp3) is 0.273. The van der Waals surface area contributed by atoms with E-state index in [0.717, 1.165) is 19.4 Å². The average Bonchev–Trinajstić information content (AvgIpc) is 2.89. The van der Waals surface area contributed by atoms with Gasteiger partial charge < -0.3 is 5.32 Å². The molecule has 0 aliphatic heterocycles. The molecule has 0 spiro atoms. The third-order valence-corrected chi connectivity index (χ3v) is 5.51. The first-order chi connectivity index (χ1) is 13.3. The van der Waals surface area contributed by atoms with E-state index in [1.165, 1.54) is 23.1 Å². The predicted molar refractivity (Wildman–Crippen MR) is 107 cm³/mol. The smallest absolute Gasteiger partial charge is 0.222 e. The number of aryl methyl sites for hydroxylation is 1. The molecule has 1 aromatic carbocycles. The first kappa shape index (κ1) is 17.5. The molecule has 1 aromatic heterocycles. The number of hydroxylamine groups is 1. The highest BCUT2D eigenvalue weighted by Gasteiger charge is 2.29. The largest absolute Gasteiger partial charge is 0.353 e. The van der Waals surface area contributed by atoms with Crippen molar-refractivity contribution < 1.29 is 5.21 Å². The van der Waals surface area contributed by atoms with E-state index in [4.69, 9.17) is 5.21 Å². The van der Waals surface area contributed by atoms with E-state index in [1.54, 1.807) is 12.4 Å². The number of benzene rings is 1. The molecule has 0 fully saturated rings. The van der Waals surface area contributed by atoms with Crippen LogP contribution < -0.4 is 10.8 Å². The highest BCUT2D eigenvalue weighted by atomic mass is 16.5. The molecule has 5 heteroatoms. The van der Waals surface area contributed by atoms with E-state index in [2.05, 4.69) is 64.4 Å². The number of hydrogen-bond acceptors (Lipinski definition) is 5. The first-order valence-corrected chi connectivity index (χ1v) is 9.36. The van der Waals surface area contributed by atoms with Crippen LogP contribution in [0.15, 0.2) is 67.0 Å². The minimum Gasteiger partial charge on any atom is -0.353 e. The van der Waals surface area contributed by atoms with E-state index in [9.17, 15) is 0 Å². The summed E-state index contributed by atoms with van der Waals surface area (Å²) in [5.41, 5.74) is 7.41. The van der Waals surface area contributed by atoms with Crippen molar-refractivity contribution in [3.05, 3.63) is 83.7 Å². The Kier molecular flexibility index (Phi) is 5.03. The topological polar surface area (TPSA) is 70.1 Å². The van der Waals surface area contributed by atoms with Gasteiger partial charge in [-0.2, -0.15) is 0 Å². The molecule has 2 atom stereocenters. The highest BCUT2D eigenvalue weighted by molar-refractivity contribution is 5.59. The molecule has 0 radical (unpaired) electrons. The fourth-order valence-corrected chi connectivity index (χ4v) is 4.05. The van der Waals surface area contributed by atoms with Crippen molar-refractivity contribution in [3.8, 4) is 0 Å². The fourth-order valence-electron chi connectivity index (χ4n) is 4.05. The second kappa shape index (κ2) is 7.76. The zero-order valence-electron chi connectivity index (χ0n) is 15.2. The van der Waals surface area contributed by atoms with Gasteiger partial charge in [0.25, 0.3) is 0 Å². The summed E-state index contributed by atoms with van der Waals surface area (Å²) in [5.74, 6) is 1.50. The summed E-state index contributed by atoms with van der Waals surface area (Å²) < 4.78 is 0. The molecule has 27 heavy (non-hydrogen) atoms. The van der Waals surface area contributed by atoms with Gasteiger partial charge in [0, 0.05) is 30.4 Å². The van der Waals surface area contributed by atoms with Crippen molar-refractivity contribution in [1.82, 2.24) is 15.4 Å². The highest BCUT2D eigenvalue weighted by Crippen LogP contribution is 2.41. The summed E-state index contributed by atoms with van der Waals surface area (Å²) in [6, 6.07) is 8.77. The van der Waals surface area contributed by atoms with E-state index in [1.807, 2.05) is 5.48 Å². The molecule has 0 amide bonds. The predicted octanol–water partition coefficient (Wildman–Crippen LogP) is 4.07. The first-order valence-electron chi connectivity index (χ1n) is 9.36. The Labute approximate surface area is 159 Å². The van der Waals surface area contributed by atoms with E-state index >= 15 is 0 Å². The van der Waals surface area contributed by atoms with Crippen LogP contribution >= 0.6 is 0 Å². The molecule has 0 saturated carbocycles. The third kappa shape index (κ3) is 3.64. The maximum Gasteiger partial charge on any atom is 0.222 e. The van der Waals surface area contributed by atoms with Gasteiger partial charge in [0.05, 0.1) is 5.70 Å². The third-order valence-electron chi connectivity index (χ3n) is 5.51. The van der Waals surface area contributed by atoms with Gasteiger partial charge in [-0.15, -0.1) is 0 Å². The van der Waals surface area contributed by atoms with Gasteiger partial charge >= 0.3 is 0 Å². The molecule has 3 N–H and O–H groups in total. The Hall–Kier alpha value is -2.92. The quantitative estimate of drug-likeness (QED) is 0.701. The zero-order chi connectivity index (χ0) is 18.6. The van der Waals surface area contributed by atoms with Gasteiger partial charge in [0.15, 0.2) is 0 Å². The number of nitrogens with one attached hydrogen (secondary N) is 2.